The van der Waals surface area contributed by atoms with Crippen LogP contribution in [0.1, 0.15) is 71.0 Å². The van der Waals surface area contributed by atoms with Crippen LogP contribution < -0.4 is 5.32 Å². The number of carbonyl (C=O) groups is 2. The van der Waals surface area contributed by atoms with E-state index in [1.54, 1.807) is 26.0 Å². The van der Waals surface area contributed by atoms with Gasteiger partial charge in [-0.15, -0.1) is 11.3 Å². The van der Waals surface area contributed by atoms with Gasteiger partial charge < -0.3 is 14.6 Å². The van der Waals surface area contributed by atoms with Crippen molar-refractivity contribution in [1.29, 1.82) is 0 Å². The molecule has 1 N–H and O–H groups in total. The molecule has 1 amide bonds. The SMILES string of the molecule is CCOC(=O)c1c(NC(=O)c2c(-c3ccccc3Cl)noc2C)sc2c1CC[C@@H](C(C)(C)C)C2. The van der Waals surface area contributed by atoms with Crippen LogP contribution in [-0.2, 0) is 17.6 Å². The molecule has 2 heterocycles. The van der Waals surface area contributed by atoms with E-state index in [2.05, 4.69) is 31.2 Å². The Labute approximate surface area is 208 Å². The number of nitrogens with zero attached hydrogens (tertiary/aromatic N) is 1. The molecular weight excluding hydrogens is 472 g/mol. The summed E-state index contributed by atoms with van der Waals surface area (Å²) in [5.41, 5.74) is 2.90. The van der Waals surface area contributed by atoms with E-state index in [-0.39, 0.29) is 12.0 Å². The number of amides is 1. The number of aryl methyl sites for hydroxylation is 1. The van der Waals surface area contributed by atoms with Gasteiger partial charge in [0.1, 0.15) is 22.0 Å². The Kier molecular flexibility index (Phi) is 6.87. The lowest BCUT2D eigenvalue weighted by molar-refractivity contribution is 0.0526. The number of fused-ring (bicyclic) bond motifs is 1. The molecule has 4 rings (SSSR count). The Morgan fingerprint density at radius 1 is 1.26 bits per heavy atom. The highest BCUT2D eigenvalue weighted by atomic mass is 35.5. The van der Waals surface area contributed by atoms with Crippen molar-refractivity contribution in [2.75, 3.05) is 11.9 Å². The van der Waals surface area contributed by atoms with Crippen LogP contribution >= 0.6 is 22.9 Å². The number of hydrogen-bond acceptors (Lipinski definition) is 6. The lowest BCUT2D eigenvalue weighted by atomic mass is 9.72. The van der Waals surface area contributed by atoms with E-state index in [4.69, 9.17) is 20.9 Å². The molecule has 180 valence electrons. The summed E-state index contributed by atoms with van der Waals surface area (Å²) in [7, 11) is 0. The number of thiophene rings is 1. The minimum atomic E-state index is -0.405. The summed E-state index contributed by atoms with van der Waals surface area (Å²) in [5, 5.41) is 8.04. The van der Waals surface area contributed by atoms with E-state index in [0.717, 1.165) is 29.7 Å². The fraction of sp³-hybridized carbons (Fsp3) is 0.423. The summed E-state index contributed by atoms with van der Waals surface area (Å²) in [5.74, 6) is 0.0756. The zero-order chi connectivity index (χ0) is 24.6. The fourth-order valence-corrected chi connectivity index (χ4v) is 6.01. The minimum Gasteiger partial charge on any atom is -0.462 e. The van der Waals surface area contributed by atoms with Crippen LogP contribution in [0.5, 0.6) is 0 Å². The summed E-state index contributed by atoms with van der Waals surface area (Å²) in [6.07, 6.45) is 2.66. The molecule has 1 aliphatic rings. The number of halogens is 1. The number of hydrogen-bond donors (Lipinski definition) is 1. The molecule has 0 aliphatic heterocycles. The standard InChI is InChI=1S/C26H29ClN2O4S/c1-6-32-25(31)21-17-12-11-15(26(3,4)5)13-19(17)34-24(21)28-23(30)20-14(2)33-29-22(20)16-9-7-8-10-18(16)27/h7-10,15H,6,11-13H2,1-5H3,(H,28,30)/t15-/m1/s1. The van der Waals surface area contributed by atoms with Crippen LogP contribution in [0.2, 0.25) is 5.02 Å². The van der Waals surface area contributed by atoms with Crippen molar-refractivity contribution in [3.05, 3.63) is 56.6 Å². The molecule has 0 saturated carbocycles. The van der Waals surface area contributed by atoms with Crippen LogP contribution in [-0.4, -0.2) is 23.6 Å². The summed E-state index contributed by atoms with van der Waals surface area (Å²) in [4.78, 5) is 27.5. The Hall–Kier alpha value is -2.64. The molecule has 0 unspecified atom stereocenters. The molecule has 1 aliphatic carbocycles. The fourth-order valence-electron chi connectivity index (χ4n) is 4.47. The number of rotatable bonds is 5. The van der Waals surface area contributed by atoms with E-state index < -0.39 is 11.9 Å². The average molecular weight is 501 g/mol. The maximum atomic E-state index is 13.5. The topological polar surface area (TPSA) is 81.4 Å². The van der Waals surface area contributed by atoms with Crippen molar-refractivity contribution in [2.24, 2.45) is 11.3 Å². The van der Waals surface area contributed by atoms with Gasteiger partial charge in [-0.3, -0.25) is 4.79 Å². The van der Waals surface area contributed by atoms with E-state index in [0.29, 0.717) is 44.1 Å². The second-order valence-electron chi connectivity index (χ2n) is 9.63. The van der Waals surface area contributed by atoms with Gasteiger partial charge in [0.2, 0.25) is 0 Å². The number of ether oxygens (including phenoxy) is 1. The molecule has 34 heavy (non-hydrogen) atoms. The first-order valence-corrected chi connectivity index (χ1v) is 12.6. The first kappa shape index (κ1) is 24.5. The number of nitrogens with one attached hydrogen (secondary N) is 1. The first-order valence-electron chi connectivity index (χ1n) is 11.5. The molecule has 3 aromatic rings. The molecule has 1 aromatic carbocycles. The van der Waals surface area contributed by atoms with Crippen molar-refractivity contribution in [3.63, 3.8) is 0 Å². The molecule has 0 bridgehead atoms. The van der Waals surface area contributed by atoms with Gasteiger partial charge in [-0.1, -0.05) is 55.7 Å². The van der Waals surface area contributed by atoms with Gasteiger partial charge in [-0.2, -0.15) is 0 Å². The molecule has 6 nitrogen and oxygen atoms in total. The number of anilines is 1. The van der Waals surface area contributed by atoms with Crippen LogP contribution in [0, 0.1) is 18.3 Å². The number of aromatic nitrogens is 1. The van der Waals surface area contributed by atoms with E-state index in [1.807, 2.05) is 12.1 Å². The lowest BCUT2D eigenvalue weighted by Gasteiger charge is -2.33. The third-order valence-corrected chi connectivity index (χ3v) is 7.91. The van der Waals surface area contributed by atoms with Gasteiger partial charge in [-0.25, -0.2) is 4.79 Å². The maximum absolute atomic E-state index is 13.5. The zero-order valence-corrected chi connectivity index (χ0v) is 21.7. The Balaban J connectivity index is 1.72. The smallest absolute Gasteiger partial charge is 0.341 e. The predicted molar refractivity (Wildman–Crippen MR) is 135 cm³/mol. The summed E-state index contributed by atoms with van der Waals surface area (Å²) < 4.78 is 10.7. The molecule has 0 fully saturated rings. The van der Waals surface area contributed by atoms with Gasteiger partial charge in [0.05, 0.1) is 17.2 Å². The molecular formula is C26H29ClN2O4S. The minimum absolute atomic E-state index is 0.165. The largest absolute Gasteiger partial charge is 0.462 e. The van der Waals surface area contributed by atoms with E-state index >= 15 is 0 Å². The molecule has 0 saturated heterocycles. The maximum Gasteiger partial charge on any atom is 0.341 e. The van der Waals surface area contributed by atoms with Crippen molar-refractivity contribution >= 4 is 39.8 Å². The highest BCUT2D eigenvalue weighted by Gasteiger charge is 2.35. The van der Waals surface area contributed by atoms with Crippen LogP contribution in [0.4, 0.5) is 5.00 Å². The van der Waals surface area contributed by atoms with Crippen LogP contribution in [0.25, 0.3) is 11.3 Å². The Morgan fingerprint density at radius 3 is 2.68 bits per heavy atom. The van der Waals surface area contributed by atoms with Crippen molar-refractivity contribution in [2.45, 2.75) is 53.9 Å². The molecule has 0 radical (unpaired) electrons. The van der Waals surface area contributed by atoms with Crippen molar-refractivity contribution in [1.82, 2.24) is 5.16 Å². The Bertz CT molecular complexity index is 1240. The molecule has 8 heteroatoms. The summed E-state index contributed by atoms with van der Waals surface area (Å²) in [6.45, 7) is 10.5. The third-order valence-electron chi connectivity index (χ3n) is 6.42. The second kappa shape index (κ2) is 9.55. The second-order valence-corrected chi connectivity index (χ2v) is 11.1. The highest BCUT2D eigenvalue weighted by molar-refractivity contribution is 7.17. The normalized spacial score (nSPS) is 15.6. The Morgan fingerprint density at radius 2 is 2.00 bits per heavy atom. The van der Waals surface area contributed by atoms with Gasteiger partial charge in [0.25, 0.3) is 5.91 Å². The van der Waals surface area contributed by atoms with Crippen molar-refractivity contribution < 1.29 is 18.8 Å². The number of esters is 1. The molecule has 0 spiro atoms. The number of carbonyl (C=O) groups excluding carboxylic acids is 2. The summed E-state index contributed by atoms with van der Waals surface area (Å²) >= 11 is 7.82. The van der Waals surface area contributed by atoms with E-state index in [1.165, 1.54) is 11.3 Å². The zero-order valence-electron chi connectivity index (χ0n) is 20.1. The van der Waals surface area contributed by atoms with E-state index in [9.17, 15) is 9.59 Å². The number of benzene rings is 1. The predicted octanol–water partition coefficient (Wildman–Crippen LogP) is 6.94. The van der Waals surface area contributed by atoms with Crippen LogP contribution in [0.3, 0.4) is 0 Å². The quantitative estimate of drug-likeness (QED) is 0.383. The van der Waals surface area contributed by atoms with Gasteiger partial charge in [0.15, 0.2) is 0 Å². The van der Waals surface area contributed by atoms with Crippen molar-refractivity contribution in [3.8, 4) is 11.3 Å². The third kappa shape index (κ3) is 4.64. The van der Waals surface area contributed by atoms with Gasteiger partial charge >= 0.3 is 5.97 Å². The van der Waals surface area contributed by atoms with Gasteiger partial charge in [-0.05, 0) is 56.1 Å². The highest BCUT2D eigenvalue weighted by Crippen LogP contribution is 2.45. The first-order chi connectivity index (χ1) is 16.1. The molecule has 1 atom stereocenters. The van der Waals surface area contributed by atoms with Crippen LogP contribution in [0.15, 0.2) is 28.8 Å². The lowest BCUT2D eigenvalue weighted by Crippen LogP contribution is -2.26. The molecule has 2 aromatic heterocycles. The van der Waals surface area contributed by atoms with Gasteiger partial charge in [0, 0.05) is 10.4 Å². The monoisotopic (exact) mass is 500 g/mol. The summed E-state index contributed by atoms with van der Waals surface area (Å²) in [6, 6.07) is 7.16. The average Bonchev–Trinajstić information content (AvgIpc) is 3.33.